The number of rotatable bonds is 7. The van der Waals surface area contributed by atoms with Gasteiger partial charge >= 0.3 is 5.69 Å². The highest BCUT2D eigenvalue weighted by atomic mass is 16.5. The Hall–Kier alpha value is -2.79. The Morgan fingerprint density at radius 2 is 1.84 bits per heavy atom. The van der Waals surface area contributed by atoms with Crippen LogP contribution in [0.5, 0.6) is 5.75 Å². The number of hydrogen-bond donors (Lipinski definition) is 1. The number of fused-ring (bicyclic) bond motifs is 1. The topological polar surface area (TPSA) is 56.4 Å². The summed E-state index contributed by atoms with van der Waals surface area (Å²) in [6.45, 7) is 4.04. The molecule has 0 aliphatic heterocycles. The van der Waals surface area contributed by atoms with E-state index in [1.54, 1.807) is 16.2 Å². The molecule has 3 aromatic rings. The molecule has 5 heteroatoms. The third-order valence-corrected chi connectivity index (χ3v) is 4.21. The number of imidazole rings is 1. The fraction of sp³-hybridized carbons (Fsp3) is 0.250. The number of para-hydroxylation sites is 3. The van der Waals surface area contributed by atoms with Gasteiger partial charge in [0.1, 0.15) is 18.5 Å². The average molecular weight is 338 g/mol. The monoisotopic (exact) mass is 338 g/mol. The van der Waals surface area contributed by atoms with E-state index in [9.17, 15) is 9.90 Å². The van der Waals surface area contributed by atoms with Crippen LogP contribution in [0.25, 0.3) is 11.0 Å². The fourth-order valence-corrected chi connectivity index (χ4v) is 2.96. The Labute approximate surface area is 146 Å². The first kappa shape index (κ1) is 17.0. The van der Waals surface area contributed by atoms with E-state index < -0.39 is 6.10 Å². The van der Waals surface area contributed by atoms with Crippen molar-refractivity contribution in [2.75, 3.05) is 6.61 Å². The Morgan fingerprint density at radius 1 is 1.16 bits per heavy atom. The van der Waals surface area contributed by atoms with Crippen LogP contribution in [0.4, 0.5) is 0 Å². The second-order valence-corrected chi connectivity index (χ2v) is 6.01. The van der Waals surface area contributed by atoms with E-state index in [1.807, 2.05) is 54.6 Å². The lowest BCUT2D eigenvalue weighted by Crippen LogP contribution is -2.30. The molecule has 0 aliphatic carbocycles. The zero-order valence-corrected chi connectivity index (χ0v) is 14.3. The molecular formula is C20H22N2O3. The van der Waals surface area contributed by atoms with Crippen LogP contribution in [-0.2, 0) is 20.0 Å². The van der Waals surface area contributed by atoms with Crippen molar-refractivity contribution in [1.29, 1.82) is 0 Å². The minimum absolute atomic E-state index is 0.115. The molecule has 0 fully saturated rings. The van der Waals surface area contributed by atoms with Crippen molar-refractivity contribution in [2.24, 2.45) is 7.05 Å². The maximum absolute atomic E-state index is 12.4. The summed E-state index contributed by atoms with van der Waals surface area (Å²) in [5.41, 5.74) is 2.53. The number of benzene rings is 2. The molecule has 1 aromatic heterocycles. The van der Waals surface area contributed by atoms with Gasteiger partial charge in [-0.3, -0.25) is 9.13 Å². The van der Waals surface area contributed by atoms with Crippen LogP contribution in [0, 0.1) is 0 Å². The number of aliphatic hydroxyl groups is 1. The Bertz CT molecular complexity index is 940. The van der Waals surface area contributed by atoms with E-state index in [2.05, 4.69) is 6.58 Å². The molecule has 1 heterocycles. The second kappa shape index (κ2) is 7.40. The van der Waals surface area contributed by atoms with Gasteiger partial charge in [0.05, 0.1) is 17.6 Å². The van der Waals surface area contributed by atoms with Crippen molar-refractivity contribution in [1.82, 2.24) is 9.13 Å². The Morgan fingerprint density at radius 3 is 2.60 bits per heavy atom. The van der Waals surface area contributed by atoms with E-state index in [0.717, 1.165) is 22.3 Å². The minimum Gasteiger partial charge on any atom is -0.491 e. The van der Waals surface area contributed by atoms with Gasteiger partial charge in [-0.15, -0.1) is 6.58 Å². The molecule has 25 heavy (non-hydrogen) atoms. The number of aromatic nitrogens is 2. The van der Waals surface area contributed by atoms with Crippen LogP contribution in [0.1, 0.15) is 5.56 Å². The van der Waals surface area contributed by atoms with Gasteiger partial charge < -0.3 is 9.84 Å². The predicted molar refractivity (Wildman–Crippen MR) is 99.0 cm³/mol. The third-order valence-electron chi connectivity index (χ3n) is 4.21. The van der Waals surface area contributed by atoms with Crippen molar-refractivity contribution in [2.45, 2.75) is 19.1 Å². The van der Waals surface area contributed by atoms with Crippen LogP contribution >= 0.6 is 0 Å². The predicted octanol–water partition coefficient (Wildman–Crippen LogP) is 2.51. The molecule has 0 amide bonds. The quantitative estimate of drug-likeness (QED) is 0.674. The van der Waals surface area contributed by atoms with Crippen LogP contribution in [0.2, 0.25) is 0 Å². The van der Waals surface area contributed by atoms with Gasteiger partial charge in [-0.2, -0.15) is 0 Å². The van der Waals surface area contributed by atoms with Crippen LogP contribution in [0.15, 0.2) is 66.0 Å². The zero-order valence-electron chi connectivity index (χ0n) is 14.3. The van der Waals surface area contributed by atoms with Gasteiger partial charge in [-0.25, -0.2) is 4.79 Å². The summed E-state index contributed by atoms with van der Waals surface area (Å²) in [5, 5.41) is 10.4. The normalized spacial score (nSPS) is 12.2. The number of hydrogen-bond acceptors (Lipinski definition) is 3. The minimum atomic E-state index is -0.791. The second-order valence-electron chi connectivity index (χ2n) is 6.01. The highest BCUT2D eigenvalue weighted by Gasteiger charge is 2.14. The summed E-state index contributed by atoms with van der Waals surface area (Å²) in [6.07, 6.45) is 1.73. The van der Waals surface area contributed by atoms with Gasteiger partial charge in [-0.05, 0) is 30.2 Å². The summed E-state index contributed by atoms with van der Waals surface area (Å²) in [6, 6.07) is 15.2. The Kier molecular flexibility index (Phi) is 5.05. The van der Waals surface area contributed by atoms with Gasteiger partial charge in [0.2, 0.25) is 0 Å². The first-order valence-corrected chi connectivity index (χ1v) is 8.25. The van der Waals surface area contributed by atoms with E-state index >= 15 is 0 Å². The van der Waals surface area contributed by atoms with Gasteiger partial charge in [0, 0.05) is 7.05 Å². The molecule has 130 valence electrons. The highest BCUT2D eigenvalue weighted by Crippen LogP contribution is 2.19. The van der Waals surface area contributed by atoms with Crippen molar-refractivity contribution in [3.8, 4) is 5.75 Å². The lowest BCUT2D eigenvalue weighted by Gasteiger charge is -2.15. The van der Waals surface area contributed by atoms with Crippen molar-refractivity contribution >= 4 is 11.0 Å². The number of allylic oxidation sites excluding steroid dienone is 1. The van der Waals surface area contributed by atoms with Crippen molar-refractivity contribution < 1.29 is 9.84 Å². The third kappa shape index (κ3) is 3.51. The molecule has 5 nitrogen and oxygen atoms in total. The lowest BCUT2D eigenvalue weighted by molar-refractivity contribution is 0.0921. The summed E-state index contributed by atoms with van der Waals surface area (Å²) >= 11 is 0. The molecule has 1 atom stereocenters. The maximum atomic E-state index is 12.4. The molecule has 1 N–H and O–H groups in total. The molecule has 0 saturated heterocycles. The van der Waals surface area contributed by atoms with Gasteiger partial charge in [0.25, 0.3) is 0 Å². The lowest BCUT2D eigenvalue weighted by atomic mass is 10.1. The molecule has 0 aliphatic rings. The fourth-order valence-electron chi connectivity index (χ4n) is 2.96. The molecule has 0 unspecified atom stereocenters. The van der Waals surface area contributed by atoms with E-state index in [-0.39, 0.29) is 18.8 Å². The van der Waals surface area contributed by atoms with Gasteiger partial charge in [0.15, 0.2) is 0 Å². The van der Waals surface area contributed by atoms with E-state index in [4.69, 9.17) is 4.74 Å². The SMILES string of the molecule is C=CCc1ccccc1OC[C@H](O)Cn1c(=O)n(C)c2ccccc21. The van der Waals surface area contributed by atoms with Crippen LogP contribution in [-0.4, -0.2) is 27.0 Å². The standard InChI is InChI=1S/C20H22N2O3/c1-3-8-15-9-4-7-12-19(15)25-14-16(23)13-22-18-11-6-5-10-17(18)21(2)20(22)24/h3-7,9-12,16,23H,1,8,13-14H2,2H3/t16-/m1/s1. The molecule has 0 saturated carbocycles. The summed E-state index contributed by atoms with van der Waals surface area (Å²) in [5.74, 6) is 0.728. The first-order valence-electron chi connectivity index (χ1n) is 8.25. The molecule has 0 bridgehead atoms. The smallest absolute Gasteiger partial charge is 0.328 e. The molecule has 0 spiro atoms. The number of nitrogens with zero attached hydrogens (tertiary/aromatic N) is 2. The van der Waals surface area contributed by atoms with E-state index in [0.29, 0.717) is 6.42 Å². The largest absolute Gasteiger partial charge is 0.491 e. The molecular weight excluding hydrogens is 316 g/mol. The van der Waals surface area contributed by atoms with Gasteiger partial charge in [-0.1, -0.05) is 36.4 Å². The van der Waals surface area contributed by atoms with E-state index in [1.165, 1.54) is 0 Å². The average Bonchev–Trinajstić information content (AvgIpc) is 2.87. The first-order chi connectivity index (χ1) is 12.1. The Balaban J connectivity index is 1.74. The zero-order chi connectivity index (χ0) is 17.8. The molecule has 2 aromatic carbocycles. The number of ether oxygens (including phenoxy) is 1. The van der Waals surface area contributed by atoms with Crippen LogP contribution < -0.4 is 10.4 Å². The van der Waals surface area contributed by atoms with Crippen LogP contribution in [0.3, 0.4) is 0 Å². The summed E-state index contributed by atoms with van der Waals surface area (Å²) in [4.78, 5) is 12.4. The number of aliphatic hydroxyl groups excluding tert-OH is 1. The molecule has 3 rings (SSSR count). The molecule has 0 radical (unpaired) electrons. The van der Waals surface area contributed by atoms with Crippen molar-refractivity contribution in [3.05, 3.63) is 77.2 Å². The highest BCUT2D eigenvalue weighted by molar-refractivity contribution is 5.75. The maximum Gasteiger partial charge on any atom is 0.328 e. The summed E-state index contributed by atoms with van der Waals surface area (Å²) in [7, 11) is 1.73. The van der Waals surface area contributed by atoms with Crippen molar-refractivity contribution in [3.63, 3.8) is 0 Å². The summed E-state index contributed by atoms with van der Waals surface area (Å²) < 4.78 is 8.93. The number of aryl methyl sites for hydroxylation is 1.